The van der Waals surface area contributed by atoms with Gasteiger partial charge in [0.05, 0.1) is 5.92 Å². The van der Waals surface area contributed by atoms with Crippen LogP contribution < -0.4 is 5.32 Å². The van der Waals surface area contributed by atoms with Crippen molar-refractivity contribution >= 4 is 0 Å². The highest BCUT2D eigenvalue weighted by molar-refractivity contribution is 5.22. The standard InChI is InChI=1S/C14H17N3O2/c1-2-18-12(10-6-4-3-5-7-10)13-16-14(19-17-13)11-8-15-9-11/h3-7,11-12,15H,2,8-9H2,1H3. The highest BCUT2D eigenvalue weighted by atomic mass is 16.5. The molecule has 0 saturated carbocycles. The lowest BCUT2D eigenvalue weighted by molar-refractivity contribution is 0.0833. The topological polar surface area (TPSA) is 60.2 Å². The van der Waals surface area contributed by atoms with Crippen LogP contribution in [0.25, 0.3) is 0 Å². The van der Waals surface area contributed by atoms with Crippen molar-refractivity contribution in [3.8, 4) is 0 Å². The fourth-order valence-corrected chi connectivity index (χ4v) is 2.10. The summed E-state index contributed by atoms with van der Waals surface area (Å²) in [6.45, 7) is 4.39. The lowest BCUT2D eigenvalue weighted by atomic mass is 10.0. The van der Waals surface area contributed by atoms with Crippen LogP contribution in [0.5, 0.6) is 0 Å². The van der Waals surface area contributed by atoms with Gasteiger partial charge in [0.1, 0.15) is 6.10 Å². The molecule has 1 aliphatic rings. The van der Waals surface area contributed by atoms with E-state index in [1.54, 1.807) is 0 Å². The van der Waals surface area contributed by atoms with Crippen molar-refractivity contribution in [2.75, 3.05) is 19.7 Å². The number of nitrogens with one attached hydrogen (secondary N) is 1. The maximum atomic E-state index is 5.76. The minimum absolute atomic E-state index is 0.253. The first-order valence-electron chi connectivity index (χ1n) is 6.59. The van der Waals surface area contributed by atoms with Gasteiger partial charge < -0.3 is 14.6 Å². The van der Waals surface area contributed by atoms with Gasteiger partial charge in [-0.1, -0.05) is 35.5 Å². The molecule has 1 N–H and O–H groups in total. The van der Waals surface area contributed by atoms with Gasteiger partial charge in [0, 0.05) is 19.7 Å². The van der Waals surface area contributed by atoms with Gasteiger partial charge in [0.25, 0.3) is 0 Å². The minimum Gasteiger partial charge on any atom is -0.366 e. The van der Waals surface area contributed by atoms with Crippen LogP contribution in [-0.2, 0) is 4.74 Å². The lowest BCUT2D eigenvalue weighted by Crippen LogP contribution is -2.40. The zero-order valence-corrected chi connectivity index (χ0v) is 10.9. The molecular weight excluding hydrogens is 242 g/mol. The number of hydrogen-bond donors (Lipinski definition) is 1. The number of nitrogens with zero attached hydrogens (tertiary/aromatic N) is 2. The molecule has 0 amide bonds. The predicted molar refractivity (Wildman–Crippen MR) is 69.8 cm³/mol. The Bertz CT molecular complexity index is 522. The van der Waals surface area contributed by atoms with E-state index in [0.717, 1.165) is 18.7 Å². The van der Waals surface area contributed by atoms with Crippen LogP contribution in [0.15, 0.2) is 34.9 Å². The molecule has 1 aromatic heterocycles. The molecule has 0 aliphatic carbocycles. The number of rotatable bonds is 5. The highest BCUT2D eigenvalue weighted by Crippen LogP contribution is 2.26. The molecule has 2 aromatic rings. The Balaban J connectivity index is 1.85. The average molecular weight is 259 g/mol. The summed E-state index contributed by atoms with van der Waals surface area (Å²) in [5.41, 5.74) is 1.04. The molecule has 1 fully saturated rings. The average Bonchev–Trinajstić information content (AvgIpc) is 2.84. The van der Waals surface area contributed by atoms with Crippen LogP contribution in [-0.4, -0.2) is 29.8 Å². The largest absolute Gasteiger partial charge is 0.366 e. The number of hydrogen-bond acceptors (Lipinski definition) is 5. The van der Waals surface area contributed by atoms with E-state index in [-0.39, 0.29) is 6.10 Å². The van der Waals surface area contributed by atoms with Crippen LogP contribution >= 0.6 is 0 Å². The number of aromatic nitrogens is 2. The Morgan fingerprint density at radius 1 is 1.37 bits per heavy atom. The Morgan fingerprint density at radius 2 is 2.16 bits per heavy atom. The van der Waals surface area contributed by atoms with E-state index in [9.17, 15) is 0 Å². The number of benzene rings is 1. The summed E-state index contributed by atoms with van der Waals surface area (Å²) in [5, 5.41) is 7.27. The molecule has 0 bridgehead atoms. The fourth-order valence-electron chi connectivity index (χ4n) is 2.10. The summed E-state index contributed by atoms with van der Waals surface area (Å²) in [6.07, 6.45) is -0.253. The molecule has 1 atom stereocenters. The van der Waals surface area contributed by atoms with Crippen LogP contribution in [0.3, 0.4) is 0 Å². The van der Waals surface area contributed by atoms with Gasteiger partial charge in [0.2, 0.25) is 11.7 Å². The Morgan fingerprint density at radius 3 is 2.79 bits per heavy atom. The summed E-state index contributed by atoms with van der Waals surface area (Å²) < 4.78 is 11.1. The van der Waals surface area contributed by atoms with E-state index in [1.165, 1.54) is 0 Å². The normalized spacial score (nSPS) is 17.1. The van der Waals surface area contributed by atoms with E-state index >= 15 is 0 Å². The summed E-state index contributed by atoms with van der Waals surface area (Å²) in [7, 11) is 0. The van der Waals surface area contributed by atoms with Crippen molar-refractivity contribution < 1.29 is 9.26 Å². The van der Waals surface area contributed by atoms with E-state index in [1.807, 2.05) is 37.3 Å². The molecular formula is C14H17N3O2. The molecule has 3 rings (SSSR count). The van der Waals surface area contributed by atoms with Gasteiger partial charge in [-0.05, 0) is 12.5 Å². The Hall–Kier alpha value is -1.72. The third-order valence-electron chi connectivity index (χ3n) is 3.26. The number of ether oxygens (including phenoxy) is 1. The van der Waals surface area contributed by atoms with E-state index in [0.29, 0.717) is 24.2 Å². The summed E-state index contributed by atoms with van der Waals surface area (Å²) in [6, 6.07) is 9.98. The van der Waals surface area contributed by atoms with Crippen molar-refractivity contribution in [1.29, 1.82) is 0 Å². The van der Waals surface area contributed by atoms with Crippen molar-refractivity contribution in [2.24, 2.45) is 0 Å². The lowest BCUT2D eigenvalue weighted by Gasteiger charge is -2.22. The highest BCUT2D eigenvalue weighted by Gasteiger charge is 2.27. The maximum Gasteiger partial charge on any atom is 0.232 e. The monoisotopic (exact) mass is 259 g/mol. The molecule has 5 heteroatoms. The molecule has 19 heavy (non-hydrogen) atoms. The van der Waals surface area contributed by atoms with Gasteiger partial charge in [-0.3, -0.25) is 0 Å². The molecule has 100 valence electrons. The van der Waals surface area contributed by atoms with E-state index < -0.39 is 0 Å². The molecule has 0 spiro atoms. The van der Waals surface area contributed by atoms with Crippen molar-refractivity contribution in [1.82, 2.24) is 15.5 Å². The Kier molecular flexibility index (Phi) is 3.57. The van der Waals surface area contributed by atoms with Gasteiger partial charge in [-0.25, -0.2) is 0 Å². The molecule has 0 radical (unpaired) electrons. The van der Waals surface area contributed by atoms with Crippen molar-refractivity contribution in [3.63, 3.8) is 0 Å². The first-order chi connectivity index (χ1) is 9.38. The quantitative estimate of drug-likeness (QED) is 0.888. The first-order valence-corrected chi connectivity index (χ1v) is 6.59. The fraction of sp³-hybridized carbons (Fsp3) is 0.429. The molecule has 1 aromatic carbocycles. The van der Waals surface area contributed by atoms with Crippen LogP contribution in [0, 0.1) is 0 Å². The zero-order chi connectivity index (χ0) is 13.1. The Labute approximate surface area is 112 Å². The molecule has 1 unspecified atom stereocenters. The second-order valence-corrected chi connectivity index (χ2v) is 4.59. The van der Waals surface area contributed by atoms with E-state index in [2.05, 4.69) is 15.5 Å². The van der Waals surface area contributed by atoms with Gasteiger partial charge in [-0.2, -0.15) is 4.98 Å². The second kappa shape index (κ2) is 5.50. The predicted octanol–water partition coefficient (Wildman–Crippen LogP) is 1.88. The third-order valence-corrected chi connectivity index (χ3v) is 3.26. The SMILES string of the molecule is CCOC(c1ccccc1)c1noc(C2CNC2)n1. The van der Waals surface area contributed by atoms with Crippen LogP contribution in [0.4, 0.5) is 0 Å². The van der Waals surface area contributed by atoms with Crippen LogP contribution in [0.2, 0.25) is 0 Å². The zero-order valence-electron chi connectivity index (χ0n) is 10.9. The van der Waals surface area contributed by atoms with Gasteiger partial charge in [-0.15, -0.1) is 0 Å². The van der Waals surface area contributed by atoms with Crippen molar-refractivity contribution in [2.45, 2.75) is 18.9 Å². The summed E-state index contributed by atoms with van der Waals surface area (Å²) >= 11 is 0. The smallest absolute Gasteiger partial charge is 0.232 e. The minimum atomic E-state index is -0.253. The van der Waals surface area contributed by atoms with Crippen molar-refractivity contribution in [3.05, 3.63) is 47.6 Å². The molecule has 5 nitrogen and oxygen atoms in total. The second-order valence-electron chi connectivity index (χ2n) is 4.59. The molecule has 1 aliphatic heterocycles. The van der Waals surface area contributed by atoms with Gasteiger partial charge >= 0.3 is 0 Å². The van der Waals surface area contributed by atoms with E-state index in [4.69, 9.17) is 9.26 Å². The first kappa shape index (κ1) is 12.3. The summed E-state index contributed by atoms with van der Waals surface area (Å²) in [5.74, 6) is 1.66. The maximum absolute atomic E-state index is 5.76. The third kappa shape index (κ3) is 2.52. The molecule has 2 heterocycles. The van der Waals surface area contributed by atoms with Gasteiger partial charge in [0.15, 0.2) is 0 Å². The van der Waals surface area contributed by atoms with Crippen LogP contribution in [0.1, 0.15) is 36.2 Å². The summed E-state index contributed by atoms with van der Waals surface area (Å²) in [4.78, 5) is 4.48. The molecule has 1 saturated heterocycles.